The van der Waals surface area contributed by atoms with Crippen LogP contribution in [0.3, 0.4) is 0 Å². The number of carboxylic acid groups (broad SMARTS) is 1. The number of likely N-dealkylation sites (N-methyl/N-ethyl adjacent to an activating group) is 1. The Morgan fingerprint density at radius 3 is 2.21 bits per heavy atom. The molecule has 7 heteroatoms. The van der Waals surface area contributed by atoms with Crippen LogP contribution in [-0.2, 0) is 14.4 Å². The van der Waals surface area contributed by atoms with Gasteiger partial charge in [-0.15, -0.1) is 0 Å². The normalized spacial score (nSPS) is 13.3. The van der Waals surface area contributed by atoms with E-state index >= 15 is 0 Å². The van der Waals surface area contributed by atoms with Crippen molar-refractivity contribution in [3.63, 3.8) is 0 Å². The van der Waals surface area contributed by atoms with Gasteiger partial charge in [0, 0.05) is 13.0 Å². The number of aryl methyl sites for hydroxylation is 1. The van der Waals surface area contributed by atoms with Gasteiger partial charge in [-0.05, 0) is 43.7 Å². The summed E-state index contributed by atoms with van der Waals surface area (Å²) in [6.45, 7) is 8.05. The summed E-state index contributed by atoms with van der Waals surface area (Å²) < 4.78 is 5.67. The van der Waals surface area contributed by atoms with Crippen molar-refractivity contribution < 1.29 is 24.2 Å². The molecule has 1 aromatic carbocycles. The first kappa shape index (κ1) is 24.5. The molecule has 0 unspecified atom stereocenters. The molecule has 0 heterocycles. The molecule has 0 spiro atoms. The molecule has 2 amide bonds. The molecule has 0 radical (unpaired) electrons. The van der Waals surface area contributed by atoms with E-state index in [2.05, 4.69) is 10.6 Å². The van der Waals surface area contributed by atoms with E-state index in [1.54, 1.807) is 0 Å². The molecule has 0 aliphatic rings. The molecule has 0 bridgehead atoms. The van der Waals surface area contributed by atoms with Crippen LogP contribution >= 0.6 is 0 Å². The fraction of sp³-hybridized carbons (Fsp3) is 0.591. The molecule has 0 saturated carbocycles. The summed E-state index contributed by atoms with van der Waals surface area (Å²) in [6.07, 6.45) is 1.50. The van der Waals surface area contributed by atoms with E-state index < -0.39 is 29.3 Å². The summed E-state index contributed by atoms with van der Waals surface area (Å²) in [6, 6.07) is 7.02. The van der Waals surface area contributed by atoms with Crippen molar-refractivity contribution in [1.29, 1.82) is 0 Å². The van der Waals surface area contributed by atoms with E-state index in [1.807, 2.05) is 52.0 Å². The maximum atomic E-state index is 12.7. The minimum absolute atomic E-state index is 0.269. The molecule has 0 fully saturated rings. The highest BCUT2D eigenvalue weighted by Gasteiger charge is 2.34. The van der Waals surface area contributed by atoms with Gasteiger partial charge >= 0.3 is 5.97 Å². The summed E-state index contributed by atoms with van der Waals surface area (Å²) >= 11 is 0. The Kier molecular flexibility index (Phi) is 9.65. The number of aliphatic carboxylic acids is 1. The highest BCUT2D eigenvalue weighted by atomic mass is 16.5. The molecule has 0 saturated heterocycles. The highest BCUT2D eigenvalue weighted by Crippen LogP contribution is 2.21. The van der Waals surface area contributed by atoms with E-state index in [9.17, 15) is 19.5 Å². The zero-order valence-electron chi connectivity index (χ0n) is 18.1. The number of nitrogens with one attached hydrogen (secondary N) is 2. The van der Waals surface area contributed by atoms with Crippen molar-refractivity contribution in [2.24, 2.45) is 11.3 Å². The topological polar surface area (TPSA) is 105 Å². The molecular formula is C22H34N2O5. The third kappa shape index (κ3) is 8.98. The van der Waals surface area contributed by atoms with Crippen LogP contribution in [0.25, 0.3) is 0 Å². The third-order valence-corrected chi connectivity index (χ3v) is 4.69. The Balaban J connectivity index is 2.59. The molecule has 1 aromatic rings. The van der Waals surface area contributed by atoms with Crippen molar-refractivity contribution in [3.05, 3.63) is 29.8 Å². The number of rotatable bonds is 11. The zero-order chi connectivity index (χ0) is 22.0. The molecular weight excluding hydrogens is 372 g/mol. The third-order valence-electron chi connectivity index (χ3n) is 4.69. The molecule has 0 aliphatic heterocycles. The molecule has 29 heavy (non-hydrogen) atoms. The first-order valence-electron chi connectivity index (χ1n) is 9.97. The lowest BCUT2D eigenvalue weighted by Crippen LogP contribution is -2.54. The van der Waals surface area contributed by atoms with Crippen molar-refractivity contribution in [2.75, 3.05) is 13.7 Å². The second kappa shape index (κ2) is 11.4. The van der Waals surface area contributed by atoms with Crippen LogP contribution in [0.2, 0.25) is 0 Å². The second-order valence-electron chi connectivity index (χ2n) is 8.37. The number of amides is 2. The molecule has 0 aromatic heterocycles. The maximum Gasteiger partial charge on any atom is 0.304 e. The predicted molar refractivity (Wildman–Crippen MR) is 112 cm³/mol. The fourth-order valence-electron chi connectivity index (χ4n) is 2.93. The minimum atomic E-state index is -1.03. The maximum absolute atomic E-state index is 12.7. The molecule has 1 rings (SSSR count). The summed E-state index contributed by atoms with van der Waals surface area (Å²) in [5, 5.41) is 14.5. The molecule has 3 N–H and O–H groups in total. The number of carboxylic acids is 1. The van der Waals surface area contributed by atoms with Gasteiger partial charge in [0.15, 0.2) is 0 Å². The lowest BCUT2D eigenvalue weighted by molar-refractivity contribution is -0.142. The lowest BCUT2D eigenvalue weighted by atomic mass is 9.85. The van der Waals surface area contributed by atoms with Gasteiger partial charge in [0.05, 0.1) is 13.0 Å². The Bertz CT molecular complexity index is 679. The standard InChI is InChI=1S/C22H34N2O5/c1-15-9-11-17(12-10-15)29-13-7-6-8-16(14-18(25)26)20(27)24-19(21(28)23-5)22(2,3)4/h9-12,16,19H,6-8,13-14H2,1-5H3,(H,23,28)(H,24,27)(H,25,26)/t16-,19-/m1/s1. The summed E-state index contributed by atoms with van der Waals surface area (Å²) in [5.74, 6) is -1.65. The monoisotopic (exact) mass is 406 g/mol. The zero-order valence-corrected chi connectivity index (χ0v) is 18.1. The Hall–Kier alpha value is -2.57. The quantitative estimate of drug-likeness (QED) is 0.490. The number of ether oxygens (including phenoxy) is 1. The minimum Gasteiger partial charge on any atom is -0.494 e. The van der Waals surface area contributed by atoms with E-state index in [4.69, 9.17) is 4.74 Å². The van der Waals surface area contributed by atoms with Crippen molar-refractivity contribution in [3.8, 4) is 5.75 Å². The number of hydrogen-bond donors (Lipinski definition) is 3. The summed E-state index contributed by atoms with van der Waals surface area (Å²) in [7, 11) is 1.51. The van der Waals surface area contributed by atoms with Crippen molar-refractivity contribution in [2.45, 2.75) is 59.4 Å². The molecule has 7 nitrogen and oxygen atoms in total. The van der Waals surface area contributed by atoms with E-state index in [0.717, 1.165) is 11.3 Å². The van der Waals surface area contributed by atoms with Gasteiger partial charge in [-0.1, -0.05) is 38.5 Å². The van der Waals surface area contributed by atoms with Gasteiger partial charge in [0.25, 0.3) is 0 Å². The van der Waals surface area contributed by atoms with Crippen molar-refractivity contribution >= 4 is 17.8 Å². The Morgan fingerprint density at radius 2 is 1.69 bits per heavy atom. The second-order valence-corrected chi connectivity index (χ2v) is 8.37. The molecule has 0 aliphatic carbocycles. The van der Waals surface area contributed by atoms with E-state index in [-0.39, 0.29) is 12.3 Å². The smallest absolute Gasteiger partial charge is 0.304 e. The SMILES string of the molecule is CNC(=O)[C@@H](NC(=O)[C@H](CCCCOc1ccc(C)cc1)CC(=O)O)C(C)(C)C. The number of hydrogen-bond acceptors (Lipinski definition) is 4. The first-order chi connectivity index (χ1) is 13.5. The average molecular weight is 407 g/mol. The van der Waals surface area contributed by atoms with Gasteiger partial charge in [-0.2, -0.15) is 0 Å². The van der Waals surface area contributed by atoms with Crippen LogP contribution < -0.4 is 15.4 Å². The van der Waals surface area contributed by atoms with Crippen LogP contribution in [0, 0.1) is 18.3 Å². The van der Waals surface area contributed by atoms with Crippen LogP contribution in [-0.4, -0.2) is 42.6 Å². The average Bonchev–Trinajstić information content (AvgIpc) is 2.64. The van der Waals surface area contributed by atoms with Gasteiger partial charge in [-0.25, -0.2) is 0 Å². The Morgan fingerprint density at radius 1 is 1.07 bits per heavy atom. The van der Waals surface area contributed by atoms with E-state index in [1.165, 1.54) is 7.05 Å². The van der Waals surface area contributed by atoms with Crippen molar-refractivity contribution in [1.82, 2.24) is 10.6 Å². The largest absolute Gasteiger partial charge is 0.494 e. The fourth-order valence-corrected chi connectivity index (χ4v) is 2.93. The number of carbonyl (C=O) groups excluding carboxylic acids is 2. The Labute approximate surface area is 173 Å². The van der Waals surface area contributed by atoms with Crippen LogP contribution in [0.1, 0.15) is 52.0 Å². The summed E-state index contributed by atoms with van der Waals surface area (Å²) in [5.41, 5.74) is 0.663. The van der Waals surface area contributed by atoms with Crippen LogP contribution in [0.5, 0.6) is 5.75 Å². The van der Waals surface area contributed by atoms with Crippen LogP contribution in [0.4, 0.5) is 0 Å². The summed E-state index contributed by atoms with van der Waals surface area (Å²) in [4.78, 5) is 36.0. The number of carbonyl (C=O) groups is 3. The highest BCUT2D eigenvalue weighted by molar-refractivity contribution is 5.90. The lowest BCUT2D eigenvalue weighted by Gasteiger charge is -2.31. The van der Waals surface area contributed by atoms with Crippen LogP contribution in [0.15, 0.2) is 24.3 Å². The predicted octanol–water partition coefficient (Wildman–Crippen LogP) is 2.91. The van der Waals surface area contributed by atoms with Gasteiger partial charge in [-0.3, -0.25) is 14.4 Å². The van der Waals surface area contributed by atoms with Gasteiger partial charge in [0.1, 0.15) is 11.8 Å². The van der Waals surface area contributed by atoms with Gasteiger partial charge in [0.2, 0.25) is 11.8 Å². The molecule has 2 atom stereocenters. The van der Waals surface area contributed by atoms with Gasteiger partial charge < -0.3 is 20.5 Å². The number of unbranched alkanes of at least 4 members (excludes halogenated alkanes) is 1. The number of benzene rings is 1. The van der Waals surface area contributed by atoms with E-state index in [0.29, 0.717) is 25.9 Å². The first-order valence-corrected chi connectivity index (χ1v) is 9.97. The molecule has 162 valence electrons.